The molecule has 0 heterocycles. The maximum Gasteiger partial charge on any atom is 0.271 e. The summed E-state index contributed by atoms with van der Waals surface area (Å²) in [6.45, 7) is 1.78. The standard InChI is InChI=1S/C18H19N3O3/c1-3-17(22)20-15-8-6-14(7-9-15)18(23)21-19-12-13-4-10-16(24-2)11-5-13/h4-12H,3H2,1-2H3,(H,20,22)(H,21,23). The summed E-state index contributed by atoms with van der Waals surface area (Å²) >= 11 is 0. The first-order chi connectivity index (χ1) is 11.6. The van der Waals surface area contributed by atoms with Crippen LogP contribution in [0.15, 0.2) is 53.6 Å². The summed E-state index contributed by atoms with van der Waals surface area (Å²) in [6, 6.07) is 13.9. The molecular weight excluding hydrogens is 306 g/mol. The highest BCUT2D eigenvalue weighted by atomic mass is 16.5. The van der Waals surface area contributed by atoms with Gasteiger partial charge in [0, 0.05) is 17.7 Å². The predicted octanol–water partition coefficient (Wildman–Crippen LogP) is 2.81. The number of hydrazone groups is 1. The van der Waals surface area contributed by atoms with Gasteiger partial charge in [0.2, 0.25) is 5.91 Å². The van der Waals surface area contributed by atoms with Crippen molar-refractivity contribution in [3.63, 3.8) is 0 Å². The Morgan fingerprint density at radius 2 is 1.75 bits per heavy atom. The van der Waals surface area contributed by atoms with Crippen molar-refractivity contribution >= 4 is 23.7 Å². The number of nitrogens with one attached hydrogen (secondary N) is 2. The molecule has 2 aromatic rings. The summed E-state index contributed by atoms with van der Waals surface area (Å²) in [5, 5.41) is 6.64. The Labute approximate surface area is 140 Å². The summed E-state index contributed by atoms with van der Waals surface area (Å²) in [5.74, 6) is 0.357. The lowest BCUT2D eigenvalue weighted by Crippen LogP contribution is -2.17. The molecule has 0 fully saturated rings. The van der Waals surface area contributed by atoms with E-state index >= 15 is 0 Å². The van der Waals surface area contributed by atoms with Gasteiger partial charge in [0.05, 0.1) is 13.3 Å². The average molecular weight is 325 g/mol. The van der Waals surface area contributed by atoms with E-state index < -0.39 is 0 Å². The molecule has 2 amide bonds. The molecule has 0 spiro atoms. The van der Waals surface area contributed by atoms with Crippen molar-refractivity contribution < 1.29 is 14.3 Å². The minimum atomic E-state index is -0.326. The molecule has 0 aliphatic carbocycles. The van der Waals surface area contributed by atoms with Gasteiger partial charge in [0.1, 0.15) is 5.75 Å². The fourth-order valence-corrected chi connectivity index (χ4v) is 1.87. The van der Waals surface area contributed by atoms with Crippen LogP contribution in [0.4, 0.5) is 5.69 Å². The van der Waals surface area contributed by atoms with Crippen molar-refractivity contribution in [1.29, 1.82) is 0 Å². The second kappa shape index (κ2) is 8.47. The summed E-state index contributed by atoms with van der Waals surface area (Å²) in [5.41, 5.74) is 4.41. The maximum absolute atomic E-state index is 12.0. The highest BCUT2D eigenvalue weighted by Gasteiger charge is 2.05. The van der Waals surface area contributed by atoms with E-state index in [-0.39, 0.29) is 11.8 Å². The average Bonchev–Trinajstić information content (AvgIpc) is 2.62. The molecule has 2 aromatic carbocycles. The Hall–Kier alpha value is -3.15. The Morgan fingerprint density at radius 1 is 1.08 bits per heavy atom. The van der Waals surface area contributed by atoms with Crippen LogP contribution in [0.2, 0.25) is 0 Å². The second-order valence-corrected chi connectivity index (χ2v) is 4.95. The van der Waals surface area contributed by atoms with Crippen molar-refractivity contribution in [3.8, 4) is 5.75 Å². The van der Waals surface area contributed by atoms with Gasteiger partial charge < -0.3 is 10.1 Å². The molecule has 6 heteroatoms. The fraction of sp³-hybridized carbons (Fsp3) is 0.167. The van der Waals surface area contributed by atoms with Crippen LogP contribution in [0.1, 0.15) is 29.3 Å². The molecule has 0 saturated carbocycles. The van der Waals surface area contributed by atoms with Crippen LogP contribution < -0.4 is 15.5 Å². The molecule has 0 aliphatic rings. The number of amides is 2. The van der Waals surface area contributed by atoms with Gasteiger partial charge in [0.15, 0.2) is 0 Å². The number of anilines is 1. The Bertz CT molecular complexity index is 722. The molecule has 0 saturated heterocycles. The van der Waals surface area contributed by atoms with Crippen LogP contribution in [0, 0.1) is 0 Å². The van der Waals surface area contributed by atoms with Crippen molar-refractivity contribution in [2.24, 2.45) is 5.10 Å². The molecule has 124 valence electrons. The summed E-state index contributed by atoms with van der Waals surface area (Å²) in [4.78, 5) is 23.3. The smallest absolute Gasteiger partial charge is 0.271 e. The van der Waals surface area contributed by atoms with Gasteiger partial charge in [0.25, 0.3) is 5.91 Å². The zero-order chi connectivity index (χ0) is 17.4. The topological polar surface area (TPSA) is 79.8 Å². The number of hydrogen-bond donors (Lipinski definition) is 2. The molecule has 0 aromatic heterocycles. The first kappa shape index (κ1) is 17.2. The van der Waals surface area contributed by atoms with E-state index in [9.17, 15) is 9.59 Å². The minimum absolute atomic E-state index is 0.0729. The van der Waals surface area contributed by atoms with Crippen LogP contribution >= 0.6 is 0 Å². The number of hydrogen-bond acceptors (Lipinski definition) is 4. The van der Waals surface area contributed by atoms with Crippen molar-refractivity contribution in [2.45, 2.75) is 13.3 Å². The molecule has 0 radical (unpaired) electrons. The molecule has 0 unspecified atom stereocenters. The van der Waals surface area contributed by atoms with Crippen LogP contribution in [0.5, 0.6) is 5.75 Å². The highest BCUT2D eigenvalue weighted by Crippen LogP contribution is 2.11. The molecular formula is C18H19N3O3. The SMILES string of the molecule is CCC(=O)Nc1ccc(C(=O)NN=Cc2ccc(OC)cc2)cc1. The lowest BCUT2D eigenvalue weighted by molar-refractivity contribution is -0.115. The maximum atomic E-state index is 12.0. The molecule has 0 atom stereocenters. The number of ether oxygens (including phenoxy) is 1. The van der Waals surface area contributed by atoms with Gasteiger partial charge in [-0.3, -0.25) is 9.59 Å². The molecule has 2 rings (SSSR count). The number of methoxy groups -OCH3 is 1. The Kier molecular flexibility index (Phi) is 6.08. The van der Waals surface area contributed by atoms with Gasteiger partial charge in [-0.1, -0.05) is 6.92 Å². The third-order valence-electron chi connectivity index (χ3n) is 3.25. The van der Waals surface area contributed by atoms with Crippen LogP contribution in [-0.4, -0.2) is 25.1 Å². The van der Waals surface area contributed by atoms with E-state index in [1.165, 1.54) is 0 Å². The minimum Gasteiger partial charge on any atom is -0.497 e. The molecule has 24 heavy (non-hydrogen) atoms. The first-order valence-corrected chi connectivity index (χ1v) is 7.49. The van der Waals surface area contributed by atoms with Crippen molar-refractivity contribution in [2.75, 3.05) is 12.4 Å². The van der Waals surface area contributed by atoms with E-state index in [0.29, 0.717) is 17.7 Å². The lowest BCUT2D eigenvalue weighted by atomic mass is 10.2. The third kappa shape index (κ3) is 4.95. The summed E-state index contributed by atoms with van der Waals surface area (Å²) in [6.07, 6.45) is 1.95. The zero-order valence-corrected chi connectivity index (χ0v) is 13.6. The van der Waals surface area contributed by atoms with E-state index in [2.05, 4.69) is 15.8 Å². The molecule has 6 nitrogen and oxygen atoms in total. The van der Waals surface area contributed by atoms with Gasteiger partial charge in [-0.05, 0) is 54.1 Å². The van der Waals surface area contributed by atoms with Crippen LogP contribution in [0.25, 0.3) is 0 Å². The largest absolute Gasteiger partial charge is 0.497 e. The van der Waals surface area contributed by atoms with Gasteiger partial charge >= 0.3 is 0 Å². The monoisotopic (exact) mass is 325 g/mol. The van der Waals surface area contributed by atoms with E-state index in [0.717, 1.165) is 11.3 Å². The zero-order valence-electron chi connectivity index (χ0n) is 13.6. The molecule has 0 bridgehead atoms. The van der Waals surface area contributed by atoms with E-state index in [1.807, 2.05) is 24.3 Å². The van der Waals surface area contributed by atoms with Gasteiger partial charge in [-0.2, -0.15) is 5.10 Å². The van der Waals surface area contributed by atoms with Crippen LogP contribution in [0.3, 0.4) is 0 Å². The Morgan fingerprint density at radius 3 is 2.33 bits per heavy atom. The number of rotatable bonds is 6. The highest BCUT2D eigenvalue weighted by molar-refractivity contribution is 5.96. The van der Waals surface area contributed by atoms with Gasteiger partial charge in [-0.15, -0.1) is 0 Å². The number of nitrogens with zero attached hydrogens (tertiary/aromatic N) is 1. The van der Waals surface area contributed by atoms with Crippen molar-refractivity contribution in [1.82, 2.24) is 5.43 Å². The lowest BCUT2D eigenvalue weighted by Gasteiger charge is -2.04. The van der Waals surface area contributed by atoms with Crippen molar-refractivity contribution in [3.05, 3.63) is 59.7 Å². The molecule has 2 N–H and O–H groups in total. The van der Waals surface area contributed by atoms with E-state index in [1.54, 1.807) is 44.5 Å². The fourth-order valence-electron chi connectivity index (χ4n) is 1.87. The van der Waals surface area contributed by atoms with Gasteiger partial charge in [-0.25, -0.2) is 5.43 Å². The third-order valence-corrected chi connectivity index (χ3v) is 3.25. The normalized spacial score (nSPS) is 10.4. The molecule has 0 aliphatic heterocycles. The van der Waals surface area contributed by atoms with E-state index in [4.69, 9.17) is 4.74 Å². The van der Waals surface area contributed by atoms with Crippen LogP contribution in [-0.2, 0) is 4.79 Å². The first-order valence-electron chi connectivity index (χ1n) is 7.49. The number of carbonyl (C=O) groups excluding carboxylic acids is 2. The number of benzene rings is 2. The number of carbonyl (C=O) groups is 2. The Balaban J connectivity index is 1.91. The summed E-state index contributed by atoms with van der Waals surface area (Å²) in [7, 11) is 1.60. The summed E-state index contributed by atoms with van der Waals surface area (Å²) < 4.78 is 5.07. The predicted molar refractivity (Wildman–Crippen MR) is 93.4 cm³/mol. The second-order valence-electron chi connectivity index (χ2n) is 4.95. The quantitative estimate of drug-likeness (QED) is 0.633.